The van der Waals surface area contributed by atoms with E-state index in [-0.39, 0.29) is 6.61 Å². The molecular formula is C17H15N5O3. The number of nitrogens with one attached hydrogen (secondary N) is 1. The Kier molecular flexibility index (Phi) is 4.79. The molecule has 2 aromatic carbocycles. The minimum atomic E-state index is -0.602. The molecule has 0 aliphatic carbocycles. The van der Waals surface area contributed by atoms with Crippen molar-refractivity contribution < 1.29 is 14.3 Å². The van der Waals surface area contributed by atoms with Gasteiger partial charge in [0, 0.05) is 5.69 Å². The van der Waals surface area contributed by atoms with Gasteiger partial charge in [-0.25, -0.2) is 9.48 Å². The van der Waals surface area contributed by atoms with Crippen molar-refractivity contribution in [3.05, 3.63) is 66.0 Å². The van der Waals surface area contributed by atoms with E-state index in [2.05, 4.69) is 20.8 Å². The van der Waals surface area contributed by atoms with Crippen LogP contribution in [0.15, 0.2) is 54.9 Å². The molecule has 0 spiro atoms. The molecule has 0 fully saturated rings. The molecule has 8 heteroatoms. The summed E-state index contributed by atoms with van der Waals surface area (Å²) in [5.41, 5.74) is 2.59. The molecule has 0 atom stereocenters. The van der Waals surface area contributed by atoms with Crippen LogP contribution in [0.4, 0.5) is 5.69 Å². The first kappa shape index (κ1) is 16.3. The Bertz CT molecular complexity index is 893. The summed E-state index contributed by atoms with van der Waals surface area (Å²) in [7, 11) is 0. The SMILES string of the molecule is Cc1cccc(NC(=O)COC(=O)c2cccc(-n3cnnn3)c2)c1. The summed E-state index contributed by atoms with van der Waals surface area (Å²) in [5.74, 6) is -1.01. The summed E-state index contributed by atoms with van der Waals surface area (Å²) >= 11 is 0. The highest BCUT2D eigenvalue weighted by Gasteiger charge is 2.12. The van der Waals surface area contributed by atoms with Gasteiger partial charge in [0.05, 0.1) is 11.3 Å². The summed E-state index contributed by atoms with van der Waals surface area (Å²) in [6.07, 6.45) is 1.42. The van der Waals surface area contributed by atoms with Gasteiger partial charge in [-0.05, 0) is 53.2 Å². The van der Waals surface area contributed by atoms with Crippen LogP contribution in [0.2, 0.25) is 0 Å². The molecule has 0 saturated heterocycles. The zero-order chi connectivity index (χ0) is 17.6. The minimum Gasteiger partial charge on any atom is -0.452 e. The van der Waals surface area contributed by atoms with E-state index in [0.717, 1.165) is 5.56 Å². The predicted octanol–water partition coefficient (Wildman–Crippen LogP) is 1.77. The van der Waals surface area contributed by atoms with E-state index in [1.54, 1.807) is 30.3 Å². The molecule has 1 amide bonds. The number of rotatable bonds is 5. The summed E-state index contributed by atoms with van der Waals surface area (Å²) in [6.45, 7) is 1.55. The van der Waals surface area contributed by atoms with Gasteiger partial charge in [-0.2, -0.15) is 0 Å². The molecule has 1 N–H and O–H groups in total. The fourth-order valence-electron chi connectivity index (χ4n) is 2.19. The maximum atomic E-state index is 12.1. The largest absolute Gasteiger partial charge is 0.452 e. The number of hydrogen-bond acceptors (Lipinski definition) is 6. The van der Waals surface area contributed by atoms with E-state index in [4.69, 9.17) is 4.74 Å². The van der Waals surface area contributed by atoms with Crippen LogP contribution in [0.1, 0.15) is 15.9 Å². The average molecular weight is 337 g/mol. The number of amides is 1. The highest BCUT2D eigenvalue weighted by molar-refractivity contribution is 5.95. The third kappa shape index (κ3) is 4.25. The van der Waals surface area contributed by atoms with Gasteiger partial charge in [-0.3, -0.25) is 4.79 Å². The Morgan fingerprint density at radius 3 is 2.76 bits per heavy atom. The maximum absolute atomic E-state index is 12.1. The first-order chi connectivity index (χ1) is 12.1. The third-order valence-electron chi connectivity index (χ3n) is 3.33. The van der Waals surface area contributed by atoms with Crippen LogP contribution in [0.3, 0.4) is 0 Å². The van der Waals surface area contributed by atoms with E-state index in [1.165, 1.54) is 11.0 Å². The summed E-state index contributed by atoms with van der Waals surface area (Å²) in [4.78, 5) is 24.0. The number of carbonyl (C=O) groups excluding carboxylic acids is 2. The van der Waals surface area contributed by atoms with Crippen LogP contribution in [0.5, 0.6) is 0 Å². The van der Waals surface area contributed by atoms with Gasteiger partial charge in [-0.1, -0.05) is 18.2 Å². The summed E-state index contributed by atoms with van der Waals surface area (Å²) < 4.78 is 6.47. The lowest BCUT2D eigenvalue weighted by Crippen LogP contribution is -2.21. The third-order valence-corrected chi connectivity index (χ3v) is 3.33. The molecule has 8 nitrogen and oxygen atoms in total. The van der Waals surface area contributed by atoms with Gasteiger partial charge in [-0.15, -0.1) is 5.10 Å². The van der Waals surface area contributed by atoms with E-state index >= 15 is 0 Å². The summed E-state index contributed by atoms with van der Waals surface area (Å²) in [6, 6.07) is 14.0. The molecule has 3 aromatic rings. The zero-order valence-electron chi connectivity index (χ0n) is 13.4. The Morgan fingerprint density at radius 1 is 1.16 bits per heavy atom. The van der Waals surface area contributed by atoms with E-state index in [1.807, 2.05) is 25.1 Å². The lowest BCUT2D eigenvalue weighted by molar-refractivity contribution is -0.119. The number of aryl methyl sites for hydroxylation is 1. The van der Waals surface area contributed by atoms with Crippen molar-refractivity contribution in [3.63, 3.8) is 0 Å². The normalized spacial score (nSPS) is 10.3. The van der Waals surface area contributed by atoms with Gasteiger partial charge in [0.25, 0.3) is 5.91 Å². The summed E-state index contributed by atoms with van der Waals surface area (Å²) in [5, 5.41) is 13.5. The molecule has 25 heavy (non-hydrogen) atoms. The van der Waals surface area contributed by atoms with E-state index < -0.39 is 11.9 Å². The van der Waals surface area contributed by atoms with Gasteiger partial charge in [0.15, 0.2) is 6.61 Å². The molecule has 3 rings (SSSR count). The Balaban J connectivity index is 1.59. The monoisotopic (exact) mass is 337 g/mol. The molecule has 0 unspecified atom stereocenters. The minimum absolute atomic E-state index is 0.302. The number of anilines is 1. The Morgan fingerprint density at radius 2 is 2.00 bits per heavy atom. The number of nitrogens with zero attached hydrogens (tertiary/aromatic N) is 4. The van der Waals surface area contributed by atoms with Crippen LogP contribution in [0.25, 0.3) is 5.69 Å². The zero-order valence-corrected chi connectivity index (χ0v) is 13.4. The second kappa shape index (κ2) is 7.35. The van der Waals surface area contributed by atoms with E-state index in [9.17, 15) is 9.59 Å². The van der Waals surface area contributed by atoms with Crippen LogP contribution in [0, 0.1) is 6.92 Å². The molecule has 0 saturated carbocycles. The number of carbonyl (C=O) groups is 2. The smallest absolute Gasteiger partial charge is 0.338 e. The number of ether oxygens (including phenoxy) is 1. The molecule has 0 aliphatic heterocycles. The Hall–Kier alpha value is -3.55. The fourth-order valence-corrected chi connectivity index (χ4v) is 2.19. The molecule has 126 valence electrons. The number of esters is 1. The topological polar surface area (TPSA) is 99.0 Å². The van der Waals surface area contributed by atoms with Crippen molar-refractivity contribution in [1.82, 2.24) is 20.2 Å². The molecule has 0 bridgehead atoms. The highest BCUT2D eigenvalue weighted by atomic mass is 16.5. The lowest BCUT2D eigenvalue weighted by atomic mass is 10.2. The highest BCUT2D eigenvalue weighted by Crippen LogP contribution is 2.11. The second-order valence-electron chi connectivity index (χ2n) is 5.30. The standard InChI is InChI=1S/C17H15N5O3/c1-12-4-2-6-14(8-12)19-16(23)10-25-17(24)13-5-3-7-15(9-13)22-11-18-20-21-22/h2-9,11H,10H2,1H3,(H,19,23). The van der Waals surface area contributed by atoms with Crippen molar-refractivity contribution in [3.8, 4) is 5.69 Å². The molecule has 1 aromatic heterocycles. The molecule has 0 radical (unpaired) electrons. The van der Waals surface area contributed by atoms with Crippen LogP contribution < -0.4 is 5.32 Å². The quantitative estimate of drug-likeness (QED) is 0.712. The van der Waals surface area contributed by atoms with Gasteiger partial charge in [0.2, 0.25) is 0 Å². The van der Waals surface area contributed by atoms with Crippen LogP contribution in [-0.2, 0) is 9.53 Å². The molecule has 1 heterocycles. The first-order valence-corrected chi connectivity index (χ1v) is 7.49. The van der Waals surface area contributed by atoms with Gasteiger partial charge in [0.1, 0.15) is 6.33 Å². The van der Waals surface area contributed by atoms with E-state index in [0.29, 0.717) is 16.9 Å². The van der Waals surface area contributed by atoms with Crippen molar-refractivity contribution >= 4 is 17.6 Å². The van der Waals surface area contributed by atoms with Crippen molar-refractivity contribution in [2.24, 2.45) is 0 Å². The molecule has 0 aliphatic rings. The van der Waals surface area contributed by atoms with Crippen LogP contribution >= 0.6 is 0 Å². The first-order valence-electron chi connectivity index (χ1n) is 7.49. The number of aromatic nitrogens is 4. The van der Waals surface area contributed by atoms with Gasteiger partial charge < -0.3 is 10.1 Å². The second-order valence-corrected chi connectivity index (χ2v) is 5.30. The lowest BCUT2D eigenvalue weighted by Gasteiger charge is -2.08. The van der Waals surface area contributed by atoms with Crippen molar-refractivity contribution in [1.29, 1.82) is 0 Å². The van der Waals surface area contributed by atoms with Crippen molar-refractivity contribution in [2.75, 3.05) is 11.9 Å². The molecular weight excluding hydrogens is 322 g/mol. The maximum Gasteiger partial charge on any atom is 0.338 e. The predicted molar refractivity (Wildman–Crippen MR) is 89.2 cm³/mol. The Labute approximate surface area is 143 Å². The number of hydrogen-bond donors (Lipinski definition) is 1. The number of benzene rings is 2. The van der Waals surface area contributed by atoms with Crippen LogP contribution in [-0.4, -0.2) is 38.7 Å². The fraction of sp³-hybridized carbons (Fsp3) is 0.118. The number of tetrazole rings is 1. The van der Waals surface area contributed by atoms with Gasteiger partial charge >= 0.3 is 5.97 Å². The van der Waals surface area contributed by atoms with Crippen molar-refractivity contribution in [2.45, 2.75) is 6.92 Å². The average Bonchev–Trinajstić information content (AvgIpc) is 3.14.